The average Bonchev–Trinajstić information content (AvgIpc) is 3.27. The number of benzene rings is 2. The third-order valence-corrected chi connectivity index (χ3v) is 6.06. The van der Waals surface area contributed by atoms with Crippen molar-refractivity contribution in [3.63, 3.8) is 0 Å². The van der Waals surface area contributed by atoms with Gasteiger partial charge in [0.05, 0.1) is 29.1 Å². The Kier molecular flexibility index (Phi) is 6.63. The number of ether oxygens (including phenoxy) is 2. The summed E-state index contributed by atoms with van der Waals surface area (Å²) in [7, 11) is 1.57. The zero-order chi connectivity index (χ0) is 25.3. The van der Waals surface area contributed by atoms with Crippen LogP contribution in [-0.2, 0) is 13.0 Å². The van der Waals surface area contributed by atoms with Crippen LogP contribution in [0.2, 0.25) is 5.02 Å². The van der Waals surface area contributed by atoms with Crippen LogP contribution < -0.4 is 9.47 Å². The zero-order valence-electron chi connectivity index (χ0n) is 18.8. The summed E-state index contributed by atoms with van der Waals surface area (Å²) in [6.07, 6.45) is -4.59. The number of alkyl halides is 3. The molecule has 1 aliphatic heterocycles. The van der Waals surface area contributed by atoms with Gasteiger partial charge >= 0.3 is 6.18 Å². The second kappa shape index (κ2) is 9.50. The number of methoxy groups -OCH3 is 1. The van der Waals surface area contributed by atoms with E-state index in [0.29, 0.717) is 12.2 Å². The SMILES string of the molecule is COc1cccc(-n2cc3c(n2)CCN(C(=O)c2c(OC(C)C(F)(F)F)ccc(C#N)c2Cl)C3)c1. The lowest BCUT2D eigenvalue weighted by Crippen LogP contribution is -2.37. The van der Waals surface area contributed by atoms with Gasteiger partial charge in [-0.15, -0.1) is 0 Å². The standard InChI is InChI=1S/C24H20ClF3N4O3/c1-14(24(26,27)28)35-20-7-6-15(11-29)22(25)21(20)23(33)31-9-8-19-16(12-31)13-32(30-19)17-4-3-5-18(10-17)34-2/h3-7,10,13-14H,8-9,12H2,1-2H3. The van der Waals surface area contributed by atoms with E-state index < -0.39 is 18.2 Å². The van der Waals surface area contributed by atoms with E-state index in [0.717, 1.165) is 29.9 Å². The highest BCUT2D eigenvalue weighted by Crippen LogP contribution is 2.35. The van der Waals surface area contributed by atoms with Crippen LogP contribution in [0.3, 0.4) is 0 Å². The largest absolute Gasteiger partial charge is 0.497 e. The number of amides is 1. The van der Waals surface area contributed by atoms with Crippen LogP contribution in [0.15, 0.2) is 42.6 Å². The van der Waals surface area contributed by atoms with Gasteiger partial charge in [-0.05, 0) is 31.2 Å². The number of carbonyl (C=O) groups excluding carboxylic acids is 1. The van der Waals surface area contributed by atoms with Gasteiger partial charge in [0, 0.05) is 37.3 Å². The summed E-state index contributed by atoms with van der Waals surface area (Å²) in [4.78, 5) is 14.9. The molecule has 1 unspecified atom stereocenters. The van der Waals surface area contributed by atoms with Gasteiger partial charge in [-0.1, -0.05) is 17.7 Å². The molecule has 1 atom stereocenters. The predicted molar refractivity (Wildman–Crippen MR) is 121 cm³/mol. The molecular weight excluding hydrogens is 485 g/mol. The molecular formula is C24H20ClF3N4O3. The van der Waals surface area contributed by atoms with Crippen molar-refractivity contribution in [2.75, 3.05) is 13.7 Å². The van der Waals surface area contributed by atoms with E-state index in [1.807, 2.05) is 30.3 Å². The fraction of sp³-hybridized carbons (Fsp3) is 0.292. The average molecular weight is 505 g/mol. The van der Waals surface area contributed by atoms with E-state index in [9.17, 15) is 23.2 Å². The summed E-state index contributed by atoms with van der Waals surface area (Å²) in [6, 6.07) is 11.6. The Morgan fingerprint density at radius 2 is 2.06 bits per heavy atom. The number of nitriles is 1. The van der Waals surface area contributed by atoms with Gasteiger partial charge in [-0.25, -0.2) is 4.68 Å². The van der Waals surface area contributed by atoms with Gasteiger partial charge in [0.15, 0.2) is 6.10 Å². The number of carbonyl (C=O) groups is 1. The second-order valence-corrected chi connectivity index (χ2v) is 8.32. The molecule has 3 aromatic rings. The van der Waals surface area contributed by atoms with E-state index >= 15 is 0 Å². The fourth-order valence-corrected chi connectivity index (χ4v) is 4.01. The first-order valence-corrected chi connectivity index (χ1v) is 11.0. The molecule has 0 fully saturated rings. The van der Waals surface area contributed by atoms with Crippen LogP contribution in [-0.4, -0.2) is 46.5 Å². The predicted octanol–water partition coefficient (Wildman–Crippen LogP) is 4.93. The minimum atomic E-state index is -4.64. The summed E-state index contributed by atoms with van der Waals surface area (Å²) >= 11 is 6.28. The number of aromatic nitrogens is 2. The quantitative estimate of drug-likeness (QED) is 0.492. The molecule has 0 N–H and O–H groups in total. The molecule has 182 valence electrons. The molecule has 0 saturated carbocycles. The normalized spacial score (nSPS) is 14.1. The molecule has 7 nitrogen and oxygen atoms in total. The number of halogens is 4. The van der Waals surface area contributed by atoms with Gasteiger partial charge in [-0.2, -0.15) is 23.5 Å². The Bertz CT molecular complexity index is 1320. The lowest BCUT2D eigenvalue weighted by atomic mass is 10.0. The summed E-state index contributed by atoms with van der Waals surface area (Å²) < 4.78 is 51.3. The molecule has 0 radical (unpaired) electrons. The van der Waals surface area contributed by atoms with Crippen LogP contribution in [0, 0.1) is 11.3 Å². The van der Waals surface area contributed by atoms with E-state index in [4.69, 9.17) is 21.1 Å². The van der Waals surface area contributed by atoms with Crippen molar-refractivity contribution in [3.05, 3.63) is 70.0 Å². The zero-order valence-corrected chi connectivity index (χ0v) is 19.5. The molecule has 35 heavy (non-hydrogen) atoms. The minimum Gasteiger partial charge on any atom is -0.497 e. The Morgan fingerprint density at radius 1 is 1.29 bits per heavy atom. The maximum atomic E-state index is 13.4. The van der Waals surface area contributed by atoms with E-state index in [1.54, 1.807) is 18.0 Å². The minimum absolute atomic E-state index is 0.0365. The molecule has 1 amide bonds. The Balaban J connectivity index is 1.64. The van der Waals surface area contributed by atoms with Crippen LogP contribution in [0.25, 0.3) is 5.69 Å². The molecule has 1 aliphatic rings. The monoisotopic (exact) mass is 504 g/mol. The first kappa shape index (κ1) is 24.4. The van der Waals surface area contributed by atoms with Gasteiger partial charge in [-0.3, -0.25) is 4.79 Å². The maximum absolute atomic E-state index is 13.4. The first-order chi connectivity index (χ1) is 16.6. The molecule has 0 aliphatic carbocycles. The Hall–Kier alpha value is -3.71. The lowest BCUT2D eigenvalue weighted by Gasteiger charge is -2.28. The van der Waals surface area contributed by atoms with Crippen molar-refractivity contribution < 1.29 is 27.4 Å². The van der Waals surface area contributed by atoms with Crippen molar-refractivity contribution in [2.24, 2.45) is 0 Å². The molecule has 0 spiro atoms. The van der Waals surface area contributed by atoms with Crippen LogP contribution in [0.5, 0.6) is 11.5 Å². The number of hydrogen-bond acceptors (Lipinski definition) is 5. The van der Waals surface area contributed by atoms with Crippen molar-refractivity contribution in [1.82, 2.24) is 14.7 Å². The summed E-state index contributed by atoms with van der Waals surface area (Å²) in [5, 5.41) is 13.7. The molecule has 2 aromatic carbocycles. The molecule has 0 saturated heterocycles. The Labute approximate surface area is 204 Å². The summed E-state index contributed by atoms with van der Waals surface area (Å²) in [5.41, 5.74) is 2.05. The Morgan fingerprint density at radius 3 is 2.74 bits per heavy atom. The molecule has 11 heteroatoms. The van der Waals surface area contributed by atoms with Crippen molar-refractivity contribution in [3.8, 4) is 23.3 Å². The smallest absolute Gasteiger partial charge is 0.425 e. The van der Waals surface area contributed by atoms with Gasteiger partial charge < -0.3 is 14.4 Å². The number of hydrogen-bond donors (Lipinski definition) is 0. The third-order valence-electron chi connectivity index (χ3n) is 5.66. The second-order valence-electron chi connectivity index (χ2n) is 7.94. The highest BCUT2D eigenvalue weighted by Gasteiger charge is 2.39. The third kappa shape index (κ3) is 4.91. The van der Waals surface area contributed by atoms with Crippen LogP contribution in [0.1, 0.15) is 34.1 Å². The van der Waals surface area contributed by atoms with Crippen LogP contribution >= 0.6 is 11.6 Å². The molecule has 4 rings (SSSR count). The van der Waals surface area contributed by atoms with E-state index in [-0.39, 0.29) is 35.0 Å². The lowest BCUT2D eigenvalue weighted by molar-refractivity contribution is -0.189. The highest BCUT2D eigenvalue weighted by molar-refractivity contribution is 6.35. The topological polar surface area (TPSA) is 80.4 Å². The highest BCUT2D eigenvalue weighted by atomic mass is 35.5. The van der Waals surface area contributed by atoms with Gasteiger partial charge in [0.1, 0.15) is 23.1 Å². The summed E-state index contributed by atoms with van der Waals surface area (Å²) in [5.74, 6) is -0.293. The maximum Gasteiger partial charge on any atom is 0.425 e. The number of fused-ring (bicyclic) bond motifs is 1. The van der Waals surface area contributed by atoms with Crippen LogP contribution in [0.4, 0.5) is 13.2 Å². The van der Waals surface area contributed by atoms with Gasteiger partial charge in [0.2, 0.25) is 0 Å². The van der Waals surface area contributed by atoms with E-state index in [2.05, 4.69) is 5.10 Å². The van der Waals surface area contributed by atoms with E-state index in [1.165, 1.54) is 11.0 Å². The summed E-state index contributed by atoms with van der Waals surface area (Å²) in [6.45, 7) is 1.27. The van der Waals surface area contributed by atoms with Crippen molar-refractivity contribution in [1.29, 1.82) is 5.26 Å². The molecule has 1 aromatic heterocycles. The fourth-order valence-electron chi connectivity index (χ4n) is 3.73. The number of nitrogens with zero attached hydrogens (tertiary/aromatic N) is 4. The van der Waals surface area contributed by atoms with Crippen molar-refractivity contribution >= 4 is 17.5 Å². The number of rotatable bonds is 5. The molecule has 2 heterocycles. The van der Waals surface area contributed by atoms with Gasteiger partial charge in [0.25, 0.3) is 5.91 Å². The van der Waals surface area contributed by atoms with Crippen molar-refractivity contribution in [2.45, 2.75) is 32.2 Å². The molecule has 0 bridgehead atoms. The first-order valence-electron chi connectivity index (χ1n) is 10.6.